The molecule has 0 spiro atoms. The fourth-order valence-electron chi connectivity index (χ4n) is 2.44. The standard InChI is InChI=1S/C15H18O3/c1-4-18-14(16)9-12-10(2)8-11-6-5-7-13(17-3)15(11)12/h5-7H,4,8-9H2,1-3H3. The minimum Gasteiger partial charge on any atom is -0.496 e. The highest BCUT2D eigenvalue weighted by atomic mass is 16.5. The first-order valence-electron chi connectivity index (χ1n) is 6.17. The van der Waals surface area contributed by atoms with E-state index in [1.165, 1.54) is 11.1 Å². The molecular formula is C15H18O3. The molecule has 0 radical (unpaired) electrons. The van der Waals surface area contributed by atoms with Crippen molar-refractivity contribution in [3.05, 3.63) is 34.9 Å². The zero-order valence-electron chi connectivity index (χ0n) is 11.1. The molecule has 2 rings (SSSR count). The fourth-order valence-corrected chi connectivity index (χ4v) is 2.44. The smallest absolute Gasteiger partial charge is 0.310 e. The lowest BCUT2D eigenvalue weighted by molar-refractivity contribution is -0.141. The Kier molecular flexibility index (Phi) is 3.70. The first-order valence-corrected chi connectivity index (χ1v) is 6.17. The Hall–Kier alpha value is -1.77. The predicted octanol–water partition coefficient (Wildman–Crippen LogP) is 2.98. The van der Waals surface area contributed by atoms with Gasteiger partial charge in [-0.3, -0.25) is 4.79 Å². The van der Waals surface area contributed by atoms with Crippen molar-refractivity contribution < 1.29 is 14.3 Å². The summed E-state index contributed by atoms with van der Waals surface area (Å²) in [5, 5.41) is 0. The van der Waals surface area contributed by atoms with Gasteiger partial charge in [0.05, 0.1) is 20.1 Å². The van der Waals surface area contributed by atoms with E-state index in [0.717, 1.165) is 23.3 Å². The summed E-state index contributed by atoms with van der Waals surface area (Å²) in [6, 6.07) is 6.00. The molecule has 0 unspecified atom stereocenters. The van der Waals surface area contributed by atoms with Gasteiger partial charge in [0.25, 0.3) is 0 Å². The zero-order valence-corrected chi connectivity index (χ0v) is 11.1. The Labute approximate surface area is 107 Å². The maximum Gasteiger partial charge on any atom is 0.310 e. The van der Waals surface area contributed by atoms with Crippen molar-refractivity contribution in [2.45, 2.75) is 26.7 Å². The van der Waals surface area contributed by atoms with Crippen LogP contribution in [0.2, 0.25) is 0 Å². The third-order valence-electron chi connectivity index (χ3n) is 3.23. The van der Waals surface area contributed by atoms with Gasteiger partial charge in [-0.1, -0.05) is 17.7 Å². The maximum atomic E-state index is 11.7. The number of ether oxygens (including phenoxy) is 2. The molecule has 18 heavy (non-hydrogen) atoms. The second-order valence-corrected chi connectivity index (χ2v) is 4.41. The number of allylic oxidation sites excluding steroid dienone is 1. The maximum absolute atomic E-state index is 11.7. The molecule has 1 aliphatic rings. The Morgan fingerprint density at radius 2 is 2.17 bits per heavy atom. The van der Waals surface area contributed by atoms with Gasteiger partial charge in [0, 0.05) is 5.56 Å². The third kappa shape index (κ3) is 2.26. The SMILES string of the molecule is CCOC(=O)CC1=C(C)Cc2cccc(OC)c21. The van der Waals surface area contributed by atoms with E-state index in [0.29, 0.717) is 13.0 Å². The monoisotopic (exact) mass is 246 g/mol. The van der Waals surface area contributed by atoms with Crippen LogP contribution in [0.1, 0.15) is 31.4 Å². The molecule has 1 aromatic rings. The van der Waals surface area contributed by atoms with Crippen molar-refractivity contribution in [3.8, 4) is 5.75 Å². The Balaban J connectivity index is 2.33. The second kappa shape index (κ2) is 5.25. The summed E-state index contributed by atoms with van der Waals surface area (Å²) in [5.74, 6) is 0.661. The van der Waals surface area contributed by atoms with Gasteiger partial charge < -0.3 is 9.47 Å². The molecule has 0 bridgehead atoms. The molecule has 3 nitrogen and oxygen atoms in total. The molecule has 0 aliphatic heterocycles. The Morgan fingerprint density at radius 1 is 1.39 bits per heavy atom. The van der Waals surface area contributed by atoms with E-state index in [9.17, 15) is 4.79 Å². The van der Waals surface area contributed by atoms with Gasteiger partial charge in [0.2, 0.25) is 0 Å². The summed E-state index contributed by atoms with van der Waals surface area (Å²) in [6.45, 7) is 4.31. The van der Waals surface area contributed by atoms with Crippen molar-refractivity contribution in [1.29, 1.82) is 0 Å². The molecule has 0 N–H and O–H groups in total. The molecule has 0 atom stereocenters. The fraction of sp³-hybridized carbons (Fsp3) is 0.400. The highest BCUT2D eigenvalue weighted by Gasteiger charge is 2.24. The van der Waals surface area contributed by atoms with Crippen molar-refractivity contribution >= 4 is 11.5 Å². The normalized spacial score (nSPS) is 13.5. The predicted molar refractivity (Wildman–Crippen MR) is 70.5 cm³/mol. The van der Waals surface area contributed by atoms with E-state index in [1.54, 1.807) is 7.11 Å². The number of carbonyl (C=O) groups excluding carboxylic acids is 1. The minimum absolute atomic E-state index is 0.175. The molecular weight excluding hydrogens is 228 g/mol. The van der Waals surface area contributed by atoms with Crippen LogP contribution in [0, 0.1) is 0 Å². The lowest BCUT2D eigenvalue weighted by Crippen LogP contribution is -2.05. The Morgan fingerprint density at radius 3 is 2.83 bits per heavy atom. The van der Waals surface area contributed by atoms with E-state index >= 15 is 0 Å². The van der Waals surface area contributed by atoms with E-state index < -0.39 is 0 Å². The number of hydrogen-bond donors (Lipinski definition) is 0. The van der Waals surface area contributed by atoms with Crippen LogP contribution in [-0.4, -0.2) is 19.7 Å². The van der Waals surface area contributed by atoms with Crippen LogP contribution >= 0.6 is 0 Å². The molecule has 1 aromatic carbocycles. The molecule has 96 valence electrons. The van der Waals surface area contributed by atoms with Crippen molar-refractivity contribution in [1.82, 2.24) is 0 Å². The lowest BCUT2D eigenvalue weighted by atomic mass is 10.0. The molecule has 0 aromatic heterocycles. The number of rotatable bonds is 4. The van der Waals surface area contributed by atoms with Crippen LogP contribution in [0.4, 0.5) is 0 Å². The van der Waals surface area contributed by atoms with Gasteiger partial charge in [-0.15, -0.1) is 0 Å². The Bertz CT molecular complexity index is 500. The van der Waals surface area contributed by atoms with Crippen LogP contribution in [-0.2, 0) is 16.0 Å². The van der Waals surface area contributed by atoms with Crippen LogP contribution in [0.5, 0.6) is 5.75 Å². The average Bonchev–Trinajstić information content (AvgIpc) is 2.66. The van der Waals surface area contributed by atoms with Crippen LogP contribution in [0.3, 0.4) is 0 Å². The molecule has 3 heteroatoms. The van der Waals surface area contributed by atoms with Gasteiger partial charge in [-0.2, -0.15) is 0 Å². The minimum atomic E-state index is -0.175. The highest BCUT2D eigenvalue weighted by Crippen LogP contribution is 2.40. The van der Waals surface area contributed by atoms with Gasteiger partial charge in [0.1, 0.15) is 5.75 Å². The summed E-state index contributed by atoms with van der Waals surface area (Å²) in [6.07, 6.45) is 1.22. The summed E-state index contributed by atoms with van der Waals surface area (Å²) in [4.78, 5) is 11.7. The van der Waals surface area contributed by atoms with Crippen LogP contribution < -0.4 is 4.74 Å². The molecule has 0 amide bonds. The molecule has 0 fully saturated rings. The van der Waals surface area contributed by atoms with Gasteiger partial charge >= 0.3 is 5.97 Å². The number of esters is 1. The number of benzene rings is 1. The van der Waals surface area contributed by atoms with Crippen molar-refractivity contribution in [3.63, 3.8) is 0 Å². The van der Waals surface area contributed by atoms with Gasteiger partial charge in [-0.05, 0) is 37.5 Å². The average molecular weight is 246 g/mol. The first kappa shape index (κ1) is 12.7. The molecule has 0 saturated carbocycles. The van der Waals surface area contributed by atoms with E-state index in [1.807, 2.05) is 19.1 Å². The molecule has 0 heterocycles. The van der Waals surface area contributed by atoms with Crippen LogP contribution in [0.15, 0.2) is 23.8 Å². The third-order valence-corrected chi connectivity index (χ3v) is 3.23. The summed E-state index contributed by atoms with van der Waals surface area (Å²) >= 11 is 0. The number of methoxy groups -OCH3 is 1. The number of fused-ring (bicyclic) bond motifs is 1. The summed E-state index contributed by atoms with van der Waals surface area (Å²) in [7, 11) is 1.66. The van der Waals surface area contributed by atoms with Crippen molar-refractivity contribution in [2.75, 3.05) is 13.7 Å². The first-order chi connectivity index (χ1) is 8.67. The highest BCUT2D eigenvalue weighted by molar-refractivity contribution is 5.91. The summed E-state index contributed by atoms with van der Waals surface area (Å²) < 4.78 is 10.4. The summed E-state index contributed by atoms with van der Waals surface area (Å²) in [5.41, 5.74) is 4.58. The number of hydrogen-bond acceptors (Lipinski definition) is 3. The lowest BCUT2D eigenvalue weighted by Gasteiger charge is -2.11. The number of carbonyl (C=O) groups is 1. The van der Waals surface area contributed by atoms with E-state index in [4.69, 9.17) is 9.47 Å². The second-order valence-electron chi connectivity index (χ2n) is 4.41. The van der Waals surface area contributed by atoms with Gasteiger partial charge in [0.15, 0.2) is 0 Å². The molecule has 0 saturated heterocycles. The van der Waals surface area contributed by atoms with E-state index in [-0.39, 0.29) is 5.97 Å². The zero-order chi connectivity index (χ0) is 13.1. The molecule has 1 aliphatic carbocycles. The topological polar surface area (TPSA) is 35.5 Å². The quantitative estimate of drug-likeness (QED) is 0.766. The van der Waals surface area contributed by atoms with Gasteiger partial charge in [-0.25, -0.2) is 0 Å². The van der Waals surface area contributed by atoms with E-state index in [2.05, 4.69) is 13.0 Å². The van der Waals surface area contributed by atoms with Crippen LogP contribution in [0.25, 0.3) is 5.57 Å². The largest absolute Gasteiger partial charge is 0.496 e. The van der Waals surface area contributed by atoms with Crippen molar-refractivity contribution in [2.24, 2.45) is 0 Å².